The molecule has 2 heterocycles. The molecule has 0 spiro atoms. The highest BCUT2D eigenvalue weighted by molar-refractivity contribution is 5.59. The van der Waals surface area contributed by atoms with Gasteiger partial charge in [-0.1, -0.05) is 43.3 Å². The van der Waals surface area contributed by atoms with Crippen molar-refractivity contribution in [2.24, 2.45) is 0 Å². The number of aromatic nitrogens is 2. The van der Waals surface area contributed by atoms with Crippen LogP contribution >= 0.6 is 0 Å². The van der Waals surface area contributed by atoms with Crippen LogP contribution in [-0.4, -0.2) is 16.3 Å². The van der Waals surface area contributed by atoms with Gasteiger partial charge in [0.15, 0.2) is 0 Å². The largest absolute Gasteiger partial charge is 0.369 e. The van der Waals surface area contributed by atoms with Crippen LogP contribution in [0.15, 0.2) is 48.5 Å². The summed E-state index contributed by atoms with van der Waals surface area (Å²) >= 11 is 0. The Morgan fingerprint density at radius 1 is 1.08 bits per heavy atom. The zero-order valence-corrected chi connectivity index (χ0v) is 13.7. The van der Waals surface area contributed by atoms with Gasteiger partial charge in [-0.2, -0.15) is 5.10 Å². The molecule has 1 N–H and O–H groups in total. The Bertz CT molecular complexity index is 882. The molecular formula is C20H20FN3. The van der Waals surface area contributed by atoms with E-state index in [0.717, 1.165) is 36.6 Å². The molecule has 122 valence electrons. The Morgan fingerprint density at radius 3 is 2.62 bits per heavy atom. The highest BCUT2D eigenvalue weighted by Gasteiger charge is 2.24. The number of anilines is 1. The Kier molecular flexibility index (Phi) is 3.81. The third-order valence-electron chi connectivity index (χ3n) is 4.65. The van der Waals surface area contributed by atoms with E-state index in [0.29, 0.717) is 12.0 Å². The van der Waals surface area contributed by atoms with Crippen LogP contribution in [0, 0.1) is 5.82 Å². The van der Waals surface area contributed by atoms with Crippen molar-refractivity contribution in [2.45, 2.75) is 26.2 Å². The minimum Gasteiger partial charge on any atom is -0.369 e. The zero-order valence-electron chi connectivity index (χ0n) is 13.7. The van der Waals surface area contributed by atoms with Crippen LogP contribution < -0.4 is 5.32 Å². The lowest BCUT2D eigenvalue weighted by Crippen LogP contribution is -2.07. The number of aryl methyl sites for hydroxylation is 1. The summed E-state index contributed by atoms with van der Waals surface area (Å²) < 4.78 is 16.0. The number of halogens is 1. The fourth-order valence-electron chi connectivity index (χ4n) is 3.40. The maximum absolute atomic E-state index is 14.0. The van der Waals surface area contributed by atoms with Crippen LogP contribution in [-0.2, 0) is 19.3 Å². The SMILES string of the molecule is CCc1ccccc1-n1nc(Cc2ccccc2F)c2c1NCC2. The zero-order chi connectivity index (χ0) is 16.5. The predicted molar refractivity (Wildman–Crippen MR) is 94.3 cm³/mol. The quantitative estimate of drug-likeness (QED) is 0.783. The van der Waals surface area contributed by atoms with Crippen LogP contribution in [0.25, 0.3) is 5.69 Å². The number of nitrogens with zero attached hydrogens (tertiary/aromatic N) is 2. The maximum Gasteiger partial charge on any atom is 0.133 e. The molecule has 3 nitrogen and oxygen atoms in total. The van der Waals surface area contributed by atoms with Crippen LogP contribution in [0.1, 0.15) is 29.3 Å². The van der Waals surface area contributed by atoms with Gasteiger partial charge >= 0.3 is 0 Å². The Hall–Kier alpha value is -2.62. The fourth-order valence-corrected chi connectivity index (χ4v) is 3.40. The molecule has 0 amide bonds. The molecule has 1 aliphatic rings. The van der Waals surface area contributed by atoms with Gasteiger partial charge in [-0.25, -0.2) is 9.07 Å². The summed E-state index contributed by atoms with van der Waals surface area (Å²) in [5.41, 5.74) is 5.23. The van der Waals surface area contributed by atoms with Crippen LogP contribution in [0.2, 0.25) is 0 Å². The maximum atomic E-state index is 14.0. The van der Waals surface area contributed by atoms with E-state index < -0.39 is 0 Å². The first kappa shape index (κ1) is 14.9. The number of rotatable bonds is 4. The number of nitrogens with one attached hydrogen (secondary N) is 1. The molecule has 2 aromatic carbocycles. The lowest BCUT2D eigenvalue weighted by molar-refractivity contribution is 0.612. The van der Waals surface area contributed by atoms with Crippen molar-refractivity contribution in [1.82, 2.24) is 9.78 Å². The summed E-state index contributed by atoms with van der Waals surface area (Å²) in [4.78, 5) is 0. The molecular weight excluding hydrogens is 301 g/mol. The first-order chi connectivity index (χ1) is 11.8. The third kappa shape index (κ3) is 2.48. The summed E-state index contributed by atoms with van der Waals surface area (Å²) in [6.45, 7) is 3.06. The van der Waals surface area contributed by atoms with Gasteiger partial charge in [0, 0.05) is 18.5 Å². The number of fused-ring (bicyclic) bond motifs is 1. The first-order valence-electron chi connectivity index (χ1n) is 8.44. The van der Waals surface area contributed by atoms with Crippen molar-refractivity contribution in [3.8, 4) is 5.69 Å². The van der Waals surface area contributed by atoms with E-state index in [9.17, 15) is 4.39 Å². The third-order valence-corrected chi connectivity index (χ3v) is 4.65. The second kappa shape index (κ2) is 6.11. The molecule has 0 saturated heterocycles. The summed E-state index contributed by atoms with van der Waals surface area (Å²) in [6, 6.07) is 15.3. The Labute approximate surface area is 141 Å². The van der Waals surface area contributed by atoms with Gasteiger partial charge in [0.05, 0.1) is 11.4 Å². The van der Waals surface area contributed by atoms with Crippen molar-refractivity contribution in [1.29, 1.82) is 0 Å². The minimum atomic E-state index is -0.166. The molecule has 0 saturated carbocycles. The van der Waals surface area contributed by atoms with Crippen molar-refractivity contribution < 1.29 is 4.39 Å². The summed E-state index contributed by atoms with van der Waals surface area (Å²) in [5, 5.41) is 8.28. The lowest BCUT2D eigenvalue weighted by atomic mass is 10.1. The fraction of sp³-hybridized carbons (Fsp3) is 0.250. The van der Waals surface area contributed by atoms with Crippen LogP contribution in [0.3, 0.4) is 0 Å². The van der Waals surface area contributed by atoms with Gasteiger partial charge in [-0.3, -0.25) is 0 Å². The molecule has 0 unspecified atom stereocenters. The molecule has 4 rings (SSSR count). The first-order valence-corrected chi connectivity index (χ1v) is 8.44. The van der Waals surface area contributed by atoms with Crippen molar-refractivity contribution >= 4 is 5.82 Å². The predicted octanol–water partition coefficient (Wildman–Crippen LogP) is 4.13. The van der Waals surface area contributed by atoms with Gasteiger partial charge in [-0.15, -0.1) is 0 Å². The standard InChI is InChI=1S/C20H20FN3/c1-2-14-7-4-6-10-19(14)24-20-16(11-12-22-20)18(23-24)13-15-8-3-5-9-17(15)21/h3-10,22H,2,11-13H2,1H3. The van der Waals surface area contributed by atoms with Gasteiger partial charge in [-0.05, 0) is 36.1 Å². The molecule has 1 aliphatic heterocycles. The molecule has 0 aliphatic carbocycles. The molecule has 3 aromatic rings. The topological polar surface area (TPSA) is 29.9 Å². The van der Waals surface area contributed by atoms with Crippen molar-refractivity contribution in [3.63, 3.8) is 0 Å². The lowest BCUT2D eigenvalue weighted by Gasteiger charge is -2.10. The van der Waals surface area contributed by atoms with E-state index in [1.54, 1.807) is 6.07 Å². The van der Waals surface area contributed by atoms with E-state index in [2.05, 4.69) is 30.4 Å². The average molecular weight is 321 g/mol. The van der Waals surface area contributed by atoms with Crippen molar-refractivity contribution in [3.05, 3.63) is 76.7 Å². The van der Waals surface area contributed by atoms with E-state index in [1.165, 1.54) is 17.2 Å². The molecule has 0 radical (unpaired) electrons. The molecule has 0 atom stereocenters. The second-order valence-corrected chi connectivity index (χ2v) is 6.11. The van der Waals surface area contributed by atoms with E-state index >= 15 is 0 Å². The molecule has 1 aromatic heterocycles. The van der Waals surface area contributed by atoms with Gasteiger partial charge in [0.25, 0.3) is 0 Å². The van der Waals surface area contributed by atoms with E-state index in [1.807, 2.05) is 22.9 Å². The smallest absolute Gasteiger partial charge is 0.133 e. The van der Waals surface area contributed by atoms with Gasteiger partial charge < -0.3 is 5.32 Å². The second-order valence-electron chi connectivity index (χ2n) is 6.11. The van der Waals surface area contributed by atoms with Crippen LogP contribution in [0.4, 0.5) is 10.2 Å². The number of benzene rings is 2. The number of hydrogen-bond acceptors (Lipinski definition) is 2. The Balaban J connectivity index is 1.80. The highest BCUT2D eigenvalue weighted by Crippen LogP contribution is 2.31. The monoisotopic (exact) mass is 321 g/mol. The highest BCUT2D eigenvalue weighted by atomic mass is 19.1. The van der Waals surface area contributed by atoms with Crippen molar-refractivity contribution in [2.75, 3.05) is 11.9 Å². The van der Waals surface area contributed by atoms with Crippen LogP contribution in [0.5, 0.6) is 0 Å². The molecule has 24 heavy (non-hydrogen) atoms. The number of hydrogen-bond donors (Lipinski definition) is 1. The van der Waals surface area contributed by atoms with E-state index in [4.69, 9.17) is 5.10 Å². The summed E-state index contributed by atoms with van der Waals surface area (Å²) in [5.74, 6) is 0.892. The summed E-state index contributed by atoms with van der Waals surface area (Å²) in [7, 11) is 0. The van der Waals surface area contributed by atoms with E-state index in [-0.39, 0.29) is 5.82 Å². The van der Waals surface area contributed by atoms with Gasteiger partial charge in [0.2, 0.25) is 0 Å². The normalized spacial score (nSPS) is 12.9. The summed E-state index contributed by atoms with van der Waals surface area (Å²) in [6.07, 6.45) is 2.42. The number of para-hydroxylation sites is 1. The minimum absolute atomic E-state index is 0.166. The molecule has 4 heteroatoms. The Morgan fingerprint density at radius 2 is 1.83 bits per heavy atom. The average Bonchev–Trinajstić information content (AvgIpc) is 3.21. The van der Waals surface area contributed by atoms with Gasteiger partial charge in [0.1, 0.15) is 11.6 Å². The molecule has 0 bridgehead atoms. The molecule has 0 fully saturated rings.